The van der Waals surface area contributed by atoms with E-state index in [1.54, 1.807) is 0 Å². The molecule has 0 aliphatic rings. The van der Waals surface area contributed by atoms with Crippen LogP contribution in [-0.2, 0) is 4.79 Å². The molecule has 41 valence electrons. The molecule has 0 spiro atoms. The third-order valence-electron chi connectivity index (χ3n) is 0.550. The minimum absolute atomic E-state index is 0.481. The first kappa shape index (κ1) is 6.95. The van der Waals surface area contributed by atoms with Crippen LogP contribution in [-0.4, -0.2) is 33.1 Å². The molecule has 0 aromatic carbocycles. The van der Waals surface area contributed by atoms with E-state index in [0.29, 0.717) is 5.32 Å². The summed E-state index contributed by atoms with van der Waals surface area (Å²) < 4.78 is 0. The van der Waals surface area contributed by atoms with Crippen molar-refractivity contribution < 1.29 is 15.6 Å². The van der Waals surface area contributed by atoms with Gasteiger partial charge in [-0.3, -0.25) is 0 Å². The molecule has 0 saturated heterocycles. The van der Waals surface area contributed by atoms with Crippen LogP contribution < -0.4 is 5.73 Å². The number of quaternary nitrogens is 1. The van der Waals surface area contributed by atoms with Crippen molar-refractivity contribution >= 4 is 22.0 Å². The molecule has 0 aromatic rings. The fraction of sp³-hybridized carbons (Fsp3) is 0.667. The van der Waals surface area contributed by atoms with Gasteiger partial charge in [-0.05, 0) is 0 Å². The van der Waals surface area contributed by atoms with Crippen molar-refractivity contribution in [1.29, 1.82) is 0 Å². The van der Waals surface area contributed by atoms with E-state index in [0.717, 1.165) is 0 Å². The second-order valence-corrected chi connectivity index (χ2v) is 1.90. The number of carbonyl (C=O) groups is 1. The first-order valence-electron chi connectivity index (χ1n) is 1.82. The van der Waals surface area contributed by atoms with Crippen molar-refractivity contribution in [3.05, 3.63) is 0 Å². The summed E-state index contributed by atoms with van der Waals surface area (Å²) in [4.78, 5) is 9.85. The van der Waals surface area contributed by atoms with E-state index in [4.69, 9.17) is 5.11 Å². The van der Waals surface area contributed by atoms with Gasteiger partial charge < -0.3 is 0 Å². The Morgan fingerprint density at radius 2 is 2.43 bits per heavy atom. The first-order valence-corrected chi connectivity index (χ1v) is 3.03. The molecule has 0 aliphatic carbocycles. The van der Waals surface area contributed by atoms with Crippen LogP contribution in [0.4, 0.5) is 0 Å². The number of rotatable bonds is 2. The molecular weight excluding hydrogens is 161 g/mol. The van der Waals surface area contributed by atoms with Crippen LogP contribution in [0.5, 0.6) is 0 Å². The summed E-state index contributed by atoms with van der Waals surface area (Å²) in [5.41, 5.74) is 3.33. The molecule has 0 saturated carbocycles. The summed E-state index contributed by atoms with van der Waals surface area (Å²) in [5, 5.41) is 8.58. The Balaban J connectivity index is 3.34. The van der Waals surface area contributed by atoms with Crippen molar-refractivity contribution in [3.63, 3.8) is 0 Å². The zero-order chi connectivity index (χ0) is 5.86. The molecule has 0 aromatic heterocycles. The van der Waals surface area contributed by atoms with E-state index in [1.807, 2.05) is 0 Å². The van der Waals surface area contributed by atoms with Crippen molar-refractivity contribution in [2.24, 2.45) is 0 Å². The molecule has 1 atom stereocenters. The Labute approximate surface area is 49.7 Å². The monoisotopic (exact) mass is 169 g/mol. The predicted octanol–water partition coefficient (Wildman–Crippen LogP) is -1.73. The molecule has 3 nitrogen and oxygen atoms in total. The van der Waals surface area contributed by atoms with Gasteiger partial charge in [-0.15, -0.1) is 0 Å². The number of aliphatic carboxylic acids is 1. The summed E-state index contributed by atoms with van der Waals surface area (Å²) in [6.45, 7) is 0. The molecule has 0 bridgehead atoms. The molecule has 4 heteroatoms. The average molecular weight is 168 g/mol. The first-order chi connectivity index (χ1) is 3.18. The van der Waals surface area contributed by atoms with Crippen molar-refractivity contribution in [2.45, 2.75) is 11.4 Å². The SMILES string of the molecule is [NH3+][C@@H](C[Se])C(=O)O. The van der Waals surface area contributed by atoms with E-state index >= 15 is 0 Å². The van der Waals surface area contributed by atoms with E-state index in [-0.39, 0.29) is 0 Å². The summed E-state index contributed by atoms with van der Waals surface area (Å²) in [6.07, 6.45) is 0. The van der Waals surface area contributed by atoms with Gasteiger partial charge in [0.05, 0.1) is 0 Å². The fourth-order valence-corrected chi connectivity index (χ4v) is 0.370. The van der Waals surface area contributed by atoms with Crippen LogP contribution >= 0.6 is 0 Å². The van der Waals surface area contributed by atoms with Crippen LogP contribution in [0.1, 0.15) is 0 Å². The molecule has 0 aliphatic heterocycles. The summed E-state index contributed by atoms with van der Waals surface area (Å²) in [5.74, 6) is -0.848. The quantitative estimate of drug-likeness (QED) is 0.481. The van der Waals surface area contributed by atoms with Gasteiger partial charge in [0.25, 0.3) is 0 Å². The number of carboxylic acids is 1. The Morgan fingerprint density at radius 1 is 2.00 bits per heavy atom. The Hall–Kier alpha value is -0.0505. The zero-order valence-corrected chi connectivity index (χ0v) is 5.47. The normalized spacial score (nSPS) is 13.4. The minimum atomic E-state index is -0.848. The van der Waals surface area contributed by atoms with Gasteiger partial charge >= 0.3 is 49.0 Å². The van der Waals surface area contributed by atoms with E-state index < -0.39 is 12.0 Å². The van der Waals surface area contributed by atoms with Crippen LogP contribution in [0.25, 0.3) is 0 Å². The van der Waals surface area contributed by atoms with E-state index in [2.05, 4.69) is 21.7 Å². The molecule has 7 heavy (non-hydrogen) atoms. The van der Waals surface area contributed by atoms with Gasteiger partial charge in [0.2, 0.25) is 0 Å². The molecule has 0 amide bonds. The van der Waals surface area contributed by atoms with Crippen LogP contribution in [0, 0.1) is 0 Å². The van der Waals surface area contributed by atoms with Gasteiger partial charge in [-0.1, -0.05) is 0 Å². The van der Waals surface area contributed by atoms with Gasteiger partial charge in [-0.2, -0.15) is 0 Å². The third kappa shape index (κ3) is 2.62. The van der Waals surface area contributed by atoms with Crippen LogP contribution in [0.2, 0.25) is 5.32 Å². The fourth-order valence-electron chi connectivity index (χ4n) is 0.0713. The second-order valence-electron chi connectivity index (χ2n) is 1.20. The third-order valence-corrected chi connectivity index (χ3v) is 1.39. The van der Waals surface area contributed by atoms with Crippen molar-refractivity contribution in [3.8, 4) is 0 Å². The molecular formula is C3H7NO2Se+. The van der Waals surface area contributed by atoms with E-state index in [9.17, 15) is 4.79 Å². The topological polar surface area (TPSA) is 64.9 Å². The van der Waals surface area contributed by atoms with Crippen molar-refractivity contribution in [2.75, 3.05) is 0 Å². The molecule has 4 N–H and O–H groups in total. The summed E-state index contributed by atoms with van der Waals surface area (Å²) >= 11 is 2.58. The molecule has 1 radical (unpaired) electrons. The number of hydrogen-bond donors (Lipinski definition) is 2. The van der Waals surface area contributed by atoms with Gasteiger partial charge in [0.1, 0.15) is 0 Å². The molecule has 0 fully saturated rings. The standard InChI is InChI=1S/C3H6NO2Se/c4-2(1-7)3(5)6/h2H,1,4H2,(H,5,6)/p+1/t2-/m0/s1. The second kappa shape index (κ2) is 3.02. The Morgan fingerprint density at radius 3 is 2.43 bits per heavy atom. The number of carboxylic acid groups (broad SMARTS) is 1. The summed E-state index contributed by atoms with van der Waals surface area (Å²) in [7, 11) is 0. The zero-order valence-electron chi connectivity index (χ0n) is 3.76. The van der Waals surface area contributed by atoms with Crippen molar-refractivity contribution in [1.82, 2.24) is 0 Å². The predicted molar refractivity (Wildman–Crippen MR) is 24.9 cm³/mol. The molecule has 0 heterocycles. The maximum absolute atomic E-state index is 9.85. The van der Waals surface area contributed by atoms with Crippen LogP contribution in [0.15, 0.2) is 0 Å². The molecule has 0 rings (SSSR count). The number of hydrogen-bond acceptors (Lipinski definition) is 1. The summed E-state index contributed by atoms with van der Waals surface area (Å²) in [6, 6.07) is -0.486. The Kier molecular flexibility index (Phi) is 3.00. The van der Waals surface area contributed by atoms with Crippen LogP contribution in [0.3, 0.4) is 0 Å². The van der Waals surface area contributed by atoms with E-state index in [1.165, 1.54) is 0 Å². The Bertz CT molecular complexity index is 75.3. The molecule has 0 unspecified atom stereocenters. The van der Waals surface area contributed by atoms with Gasteiger partial charge in [-0.25, -0.2) is 0 Å². The average Bonchev–Trinajstić information content (AvgIpc) is 1.65. The van der Waals surface area contributed by atoms with Gasteiger partial charge in [0.15, 0.2) is 0 Å². The van der Waals surface area contributed by atoms with Gasteiger partial charge in [0, 0.05) is 0 Å². The maximum atomic E-state index is 9.85.